The van der Waals surface area contributed by atoms with Crippen molar-refractivity contribution in [1.29, 1.82) is 0 Å². The molecule has 1 unspecified atom stereocenters. The molecular formula is C12H18N4O2. The fraction of sp³-hybridized carbons (Fsp3) is 0.583. The van der Waals surface area contributed by atoms with E-state index >= 15 is 0 Å². The Bertz CT molecular complexity index is 385. The third-order valence-electron chi connectivity index (χ3n) is 2.96. The summed E-state index contributed by atoms with van der Waals surface area (Å²) in [5.74, 6) is 0. The number of urea groups is 1. The molecule has 0 spiro atoms. The van der Waals surface area contributed by atoms with Crippen LogP contribution in [0.5, 0.6) is 0 Å². The maximum absolute atomic E-state index is 11.8. The second-order valence-electron chi connectivity index (χ2n) is 4.42. The van der Waals surface area contributed by atoms with Crippen molar-refractivity contribution in [2.75, 3.05) is 19.6 Å². The van der Waals surface area contributed by atoms with E-state index < -0.39 is 0 Å². The maximum atomic E-state index is 11.8. The van der Waals surface area contributed by atoms with Crippen molar-refractivity contribution in [2.24, 2.45) is 0 Å². The van der Waals surface area contributed by atoms with Gasteiger partial charge in [-0.1, -0.05) is 0 Å². The summed E-state index contributed by atoms with van der Waals surface area (Å²) in [6, 6.07) is -0.113. The molecule has 0 radical (unpaired) electrons. The minimum atomic E-state index is -0.385. The molecule has 1 atom stereocenters. The number of aliphatic hydroxyl groups excluding tert-OH is 1. The van der Waals surface area contributed by atoms with E-state index in [-0.39, 0.29) is 12.1 Å². The van der Waals surface area contributed by atoms with E-state index in [1.165, 1.54) is 0 Å². The molecule has 1 aromatic heterocycles. The normalized spacial score (nSPS) is 19.6. The van der Waals surface area contributed by atoms with E-state index in [0.717, 1.165) is 18.5 Å². The quantitative estimate of drug-likeness (QED) is 0.802. The molecule has 0 aromatic carbocycles. The molecule has 18 heavy (non-hydrogen) atoms. The molecule has 2 amide bonds. The molecule has 0 saturated carbocycles. The van der Waals surface area contributed by atoms with Crippen LogP contribution in [0.15, 0.2) is 18.6 Å². The third kappa shape index (κ3) is 3.66. The van der Waals surface area contributed by atoms with Gasteiger partial charge in [-0.2, -0.15) is 0 Å². The van der Waals surface area contributed by atoms with Gasteiger partial charge in [-0.05, 0) is 12.8 Å². The number of hydrogen-bond acceptors (Lipinski definition) is 4. The number of rotatable bonds is 3. The Morgan fingerprint density at radius 1 is 1.56 bits per heavy atom. The summed E-state index contributed by atoms with van der Waals surface area (Å²) >= 11 is 0. The van der Waals surface area contributed by atoms with Crippen molar-refractivity contribution in [3.8, 4) is 0 Å². The second kappa shape index (κ2) is 6.30. The average molecular weight is 250 g/mol. The number of carbonyl (C=O) groups is 1. The standard InChI is InChI=1S/C12H18N4O2/c17-11-2-1-7-16(9-11)12(18)15-4-3-10-8-13-5-6-14-10/h5-6,8,11,17H,1-4,7,9H2,(H,15,18). The highest BCUT2D eigenvalue weighted by Crippen LogP contribution is 2.09. The molecule has 0 bridgehead atoms. The second-order valence-corrected chi connectivity index (χ2v) is 4.42. The molecule has 1 aromatic rings. The molecule has 1 aliphatic heterocycles. The van der Waals surface area contributed by atoms with E-state index in [1.54, 1.807) is 23.5 Å². The van der Waals surface area contributed by atoms with Crippen LogP contribution >= 0.6 is 0 Å². The number of carbonyl (C=O) groups excluding carboxylic acids is 1. The van der Waals surface area contributed by atoms with Gasteiger partial charge in [0.1, 0.15) is 0 Å². The molecule has 2 heterocycles. The zero-order valence-corrected chi connectivity index (χ0v) is 10.2. The van der Waals surface area contributed by atoms with Gasteiger partial charge in [0.2, 0.25) is 0 Å². The minimum Gasteiger partial charge on any atom is -0.391 e. The van der Waals surface area contributed by atoms with Crippen LogP contribution in [0.25, 0.3) is 0 Å². The summed E-state index contributed by atoms with van der Waals surface area (Å²) in [6.07, 6.45) is 6.87. The number of nitrogens with one attached hydrogen (secondary N) is 1. The molecule has 6 heteroatoms. The van der Waals surface area contributed by atoms with E-state index in [9.17, 15) is 9.90 Å². The summed E-state index contributed by atoms with van der Waals surface area (Å²) < 4.78 is 0. The summed E-state index contributed by atoms with van der Waals surface area (Å²) in [5, 5.41) is 12.3. The van der Waals surface area contributed by atoms with Crippen LogP contribution in [0.2, 0.25) is 0 Å². The SMILES string of the molecule is O=C(NCCc1cnccn1)N1CCCC(O)C1. The molecular weight excluding hydrogens is 232 g/mol. The Hall–Kier alpha value is -1.69. The highest BCUT2D eigenvalue weighted by atomic mass is 16.3. The fourth-order valence-electron chi connectivity index (χ4n) is 2.01. The van der Waals surface area contributed by atoms with Crippen LogP contribution < -0.4 is 5.32 Å². The van der Waals surface area contributed by atoms with Crippen LogP contribution in [-0.4, -0.2) is 51.7 Å². The number of nitrogens with zero attached hydrogens (tertiary/aromatic N) is 3. The van der Waals surface area contributed by atoms with Gasteiger partial charge in [0, 0.05) is 44.6 Å². The van der Waals surface area contributed by atoms with Crippen molar-refractivity contribution in [3.63, 3.8) is 0 Å². The van der Waals surface area contributed by atoms with Gasteiger partial charge in [-0.15, -0.1) is 0 Å². The highest BCUT2D eigenvalue weighted by molar-refractivity contribution is 5.74. The van der Waals surface area contributed by atoms with Crippen LogP contribution in [0.1, 0.15) is 18.5 Å². The smallest absolute Gasteiger partial charge is 0.317 e. The molecule has 98 valence electrons. The van der Waals surface area contributed by atoms with Gasteiger partial charge in [-0.25, -0.2) is 4.79 Å². The maximum Gasteiger partial charge on any atom is 0.317 e. The summed E-state index contributed by atoms with van der Waals surface area (Å²) in [6.45, 7) is 1.68. The first-order valence-corrected chi connectivity index (χ1v) is 6.21. The monoisotopic (exact) mass is 250 g/mol. The average Bonchev–Trinajstić information content (AvgIpc) is 2.40. The number of piperidine rings is 1. The Morgan fingerprint density at radius 3 is 3.17 bits per heavy atom. The zero-order chi connectivity index (χ0) is 12.8. The number of amides is 2. The lowest BCUT2D eigenvalue weighted by Crippen LogP contribution is -2.47. The van der Waals surface area contributed by atoms with Gasteiger partial charge in [0.15, 0.2) is 0 Å². The predicted molar refractivity (Wildman–Crippen MR) is 65.9 cm³/mol. The van der Waals surface area contributed by atoms with Gasteiger partial charge in [-0.3, -0.25) is 9.97 Å². The van der Waals surface area contributed by atoms with Crippen LogP contribution in [0.3, 0.4) is 0 Å². The zero-order valence-electron chi connectivity index (χ0n) is 10.2. The van der Waals surface area contributed by atoms with E-state index in [1.807, 2.05) is 0 Å². The number of hydrogen-bond donors (Lipinski definition) is 2. The predicted octanol–water partition coefficient (Wildman–Crippen LogP) is 0.185. The Balaban J connectivity index is 1.71. The van der Waals surface area contributed by atoms with Crippen molar-refractivity contribution in [1.82, 2.24) is 20.2 Å². The Kier molecular flexibility index (Phi) is 4.46. The molecule has 6 nitrogen and oxygen atoms in total. The van der Waals surface area contributed by atoms with Crippen molar-refractivity contribution in [3.05, 3.63) is 24.3 Å². The summed E-state index contributed by atoms with van der Waals surface area (Å²) in [7, 11) is 0. The summed E-state index contributed by atoms with van der Waals surface area (Å²) in [5.41, 5.74) is 0.858. The number of β-amino-alcohol motifs (C(OH)–C–C–N with tert-alkyl or cyclic N) is 1. The molecule has 1 saturated heterocycles. The summed E-state index contributed by atoms with van der Waals surface area (Å²) in [4.78, 5) is 21.6. The van der Waals surface area contributed by atoms with Crippen LogP contribution in [0, 0.1) is 0 Å². The van der Waals surface area contributed by atoms with Gasteiger partial charge >= 0.3 is 6.03 Å². The van der Waals surface area contributed by atoms with E-state index in [2.05, 4.69) is 15.3 Å². The van der Waals surface area contributed by atoms with Gasteiger partial charge in [0.25, 0.3) is 0 Å². The fourth-order valence-corrected chi connectivity index (χ4v) is 2.01. The van der Waals surface area contributed by atoms with Crippen molar-refractivity contribution < 1.29 is 9.90 Å². The first-order chi connectivity index (χ1) is 8.75. The Labute approximate surface area is 106 Å². The highest BCUT2D eigenvalue weighted by Gasteiger charge is 2.21. The number of aliphatic hydroxyl groups is 1. The van der Waals surface area contributed by atoms with Gasteiger partial charge < -0.3 is 15.3 Å². The molecule has 2 N–H and O–H groups in total. The first-order valence-electron chi connectivity index (χ1n) is 6.21. The topological polar surface area (TPSA) is 78.4 Å². The largest absolute Gasteiger partial charge is 0.391 e. The first kappa shape index (κ1) is 12.8. The Morgan fingerprint density at radius 2 is 2.44 bits per heavy atom. The van der Waals surface area contributed by atoms with Crippen molar-refractivity contribution >= 4 is 6.03 Å². The van der Waals surface area contributed by atoms with E-state index in [0.29, 0.717) is 26.1 Å². The van der Waals surface area contributed by atoms with Crippen molar-refractivity contribution in [2.45, 2.75) is 25.4 Å². The lowest BCUT2D eigenvalue weighted by atomic mass is 10.1. The lowest BCUT2D eigenvalue weighted by Gasteiger charge is -2.30. The van der Waals surface area contributed by atoms with E-state index in [4.69, 9.17) is 0 Å². The number of aromatic nitrogens is 2. The van der Waals surface area contributed by atoms with Gasteiger partial charge in [0.05, 0.1) is 11.8 Å². The van der Waals surface area contributed by atoms with Crippen LogP contribution in [0.4, 0.5) is 4.79 Å². The third-order valence-corrected chi connectivity index (χ3v) is 2.96. The lowest BCUT2D eigenvalue weighted by molar-refractivity contribution is 0.0843. The molecule has 1 fully saturated rings. The van der Waals surface area contributed by atoms with Crippen LogP contribution in [-0.2, 0) is 6.42 Å². The molecule has 0 aliphatic carbocycles. The number of likely N-dealkylation sites (tertiary alicyclic amines) is 1. The molecule has 1 aliphatic rings. The molecule has 2 rings (SSSR count). The minimum absolute atomic E-state index is 0.113.